The van der Waals surface area contributed by atoms with Gasteiger partial charge in [0.1, 0.15) is 18.2 Å². The molecule has 0 aliphatic carbocycles. The van der Waals surface area contributed by atoms with Crippen molar-refractivity contribution < 1.29 is 13.9 Å². The number of hydrogen-bond acceptors (Lipinski definition) is 4. The second-order valence-electron chi connectivity index (χ2n) is 6.30. The largest absolute Gasteiger partial charge is 0.492 e. The maximum absolute atomic E-state index is 12.8. The van der Waals surface area contributed by atoms with Crippen molar-refractivity contribution in [2.24, 2.45) is 0 Å². The summed E-state index contributed by atoms with van der Waals surface area (Å²) in [6.07, 6.45) is 0.952. The minimum atomic E-state index is -0.254. The van der Waals surface area contributed by atoms with Crippen molar-refractivity contribution in [3.05, 3.63) is 30.1 Å². The third kappa shape index (κ3) is 6.45. The van der Waals surface area contributed by atoms with Gasteiger partial charge in [-0.1, -0.05) is 6.92 Å². The van der Waals surface area contributed by atoms with Gasteiger partial charge in [0.05, 0.1) is 6.54 Å². The fourth-order valence-electron chi connectivity index (χ4n) is 2.62. The van der Waals surface area contributed by atoms with E-state index in [-0.39, 0.29) is 17.8 Å². The zero-order valence-corrected chi connectivity index (χ0v) is 14.6. The number of amides is 1. The van der Waals surface area contributed by atoms with Crippen LogP contribution in [0.5, 0.6) is 5.75 Å². The highest BCUT2D eigenvalue weighted by Crippen LogP contribution is 2.11. The van der Waals surface area contributed by atoms with E-state index in [1.807, 2.05) is 6.92 Å². The molecule has 1 N–H and O–H groups in total. The molecule has 1 saturated heterocycles. The van der Waals surface area contributed by atoms with E-state index in [4.69, 9.17) is 4.74 Å². The van der Waals surface area contributed by atoms with Gasteiger partial charge >= 0.3 is 0 Å². The number of carbonyl (C=O) groups is 1. The van der Waals surface area contributed by atoms with Crippen molar-refractivity contribution in [3.8, 4) is 5.75 Å². The molecule has 1 unspecified atom stereocenters. The number of benzene rings is 1. The van der Waals surface area contributed by atoms with Crippen LogP contribution in [-0.4, -0.2) is 67.6 Å². The van der Waals surface area contributed by atoms with Crippen molar-refractivity contribution in [2.75, 3.05) is 45.9 Å². The number of nitrogens with zero attached hydrogens (tertiary/aromatic N) is 2. The summed E-state index contributed by atoms with van der Waals surface area (Å²) >= 11 is 0. The Hall–Kier alpha value is -1.66. The van der Waals surface area contributed by atoms with Crippen LogP contribution < -0.4 is 10.1 Å². The van der Waals surface area contributed by atoms with Gasteiger partial charge in [-0.2, -0.15) is 0 Å². The minimum Gasteiger partial charge on any atom is -0.492 e. The predicted molar refractivity (Wildman–Crippen MR) is 92.7 cm³/mol. The summed E-state index contributed by atoms with van der Waals surface area (Å²) in [6.45, 7) is 9.64. The van der Waals surface area contributed by atoms with Crippen LogP contribution in [0.3, 0.4) is 0 Å². The van der Waals surface area contributed by atoms with Crippen LogP contribution in [0, 0.1) is 5.82 Å². The fourth-order valence-corrected chi connectivity index (χ4v) is 2.62. The Balaban J connectivity index is 1.60. The standard InChI is InChI=1S/C18H28FN3O2/c1-3-15(2)20-18(23)14-22-10-8-21(9-11-22)12-13-24-17-6-4-16(19)5-7-17/h4-7,15H,3,8-14H2,1-2H3,(H,20,23). The van der Waals surface area contributed by atoms with E-state index < -0.39 is 0 Å². The van der Waals surface area contributed by atoms with Gasteiger partial charge < -0.3 is 10.1 Å². The molecule has 1 aliphatic rings. The summed E-state index contributed by atoms with van der Waals surface area (Å²) in [5.74, 6) is 0.546. The molecule has 0 radical (unpaired) electrons. The molecule has 1 heterocycles. The SMILES string of the molecule is CCC(C)NC(=O)CN1CCN(CCOc2ccc(F)cc2)CC1. The molecule has 5 nitrogen and oxygen atoms in total. The Morgan fingerprint density at radius 1 is 1.21 bits per heavy atom. The summed E-state index contributed by atoms with van der Waals surface area (Å²) in [4.78, 5) is 16.4. The average molecular weight is 337 g/mol. The first-order chi connectivity index (χ1) is 11.6. The van der Waals surface area contributed by atoms with Crippen LogP contribution in [0.2, 0.25) is 0 Å². The molecule has 0 saturated carbocycles. The number of rotatable bonds is 8. The molecule has 0 spiro atoms. The average Bonchev–Trinajstić information content (AvgIpc) is 2.58. The second-order valence-corrected chi connectivity index (χ2v) is 6.30. The number of nitrogens with one attached hydrogen (secondary N) is 1. The van der Waals surface area contributed by atoms with E-state index in [0.29, 0.717) is 18.9 Å². The van der Waals surface area contributed by atoms with Gasteiger partial charge in [0.15, 0.2) is 0 Å². The second kappa shape index (κ2) is 9.59. The first kappa shape index (κ1) is 18.7. The van der Waals surface area contributed by atoms with E-state index in [1.165, 1.54) is 12.1 Å². The highest BCUT2D eigenvalue weighted by atomic mass is 19.1. The molecule has 1 atom stereocenters. The van der Waals surface area contributed by atoms with Crippen LogP contribution in [0.1, 0.15) is 20.3 Å². The van der Waals surface area contributed by atoms with Crippen LogP contribution in [-0.2, 0) is 4.79 Å². The Kier molecular flexibility index (Phi) is 7.46. The first-order valence-corrected chi connectivity index (χ1v) is 8.69. The number of ether oxygens (including phenoxy) is 1. The van der Waals surface area contributed by atoms with Gasteiger partial charge in [-0.25, -0.2) is 4.39 Å². The Bertz CT molecular complexity index is 501. The Labute approximate surface area is 143 Å². The highest BCUT2D eigenvalue weighted by molar-refractivity contribution is 5.78. The lowest BCUT2D eigenvalue weighted by Crippen LogP contribution is -2.50. The third-order valence-electron chi connectivity index (χ3n) is 4.34. The summed E-state index contributed by atoms with van der Waals surface area (Å²) in [7, 11) is 0. The summed E-state index contributed by atoms with van der Waals surface area (Å²) in [5.41, 5.74) is 0. The van der Waals surface area contributed by atoms with Gasteiger partial charge in [-0.05, 0) is 37.6 Å². The molecular formula is C18H28FN3O2. The van der Waals surface area contributed by atoms with Crippen LogP contribution >= 0.6 is 0 Å². The maximum atomic E-state index is 12.8. The molecule has 24 heavy (non-hydrogen) atoms. The van der Waals surface area contributed by atoms with Crippen molar-refractivity contribution in [1.82, 2.24) is 15.1 Å². The lowest BCUT2D eigenvalue weighted by atomic mass is 10.2. The zero-order chi connectivity index (χ0) is 17.4. The van der Waals surface area contributed by atoms with Crippen LogP contribution in [0.25, 0.3) is 0 Å². The lowest BCUT2D eigenvalue weighted by molar-refractivity contribution is -0.123. The first-order valence-electron chi connectivity index (χ1n) is 8.69. The molecule has 0 bridgehead atoms. The monoisotopic (exact) mass is 337 g/mol. The number of hydrogen-bond donors (Lipinski definition) is 1. The van der Waals surface area contributed by atoms with Crippen molar-refractivity contribution in [1.29, 1.82) is 0 Å². The summed E-state index contributed by atoms with van der Waals surface area (Å²) in [5, 5.41) is 3.00. The zero-order valence-electron chi connectivity index (χ0n) is 14.6. The quantitative estimate of drug-likeness (QED) is 0.785. The number of piperazine rings is 1. The van der Waals surface area contributed by atoms with E-state index in [1.54, 1.807) is 12.1 Å². The molecule has 2 rings (SSSR count). The van der Waals surface area contributed by atoms with E-state index in [0.717, 1.165) is 39.1 Å². The molecule has 1 aliphatic heterocycles. The molecule has 1 fully saturated rings. The molecule has 6 heteroatoms. The number of halogens is 1. The lowest BCUT2D eigenvalue weighted by Gasteiger charge is -2.34. The molecular weight excluding hydrogens is 309 g/mol. The molecule has 0 aromatic heterocycles. The molecule has 1 aromatic carbocycles. The molecule has 1 amide bonds. The summed E-state index contributed by atoms with van der Waals surface area (Å²) < 4.78 is 18.4. The van der Waals surface area contributed by atoms with Crippen LogP contribution in [0.4, 0.5) is 4.39 Å². The van der Waals surface area contributed by atoms with Gasteiger partial charge in [-0.15, -0.1) is 0 Å². The smallest absolute Gasteiger partial charge is 0.234 e. The van der Waals surface area contributed by atoms with Gasteiger partial charge in [0, 0.05) is 38.8 Å². The van der Waals surface area contributed by atoms with Gasteiger partial charge in [0.2, 0.25) is 5.91 Å². The van der Waals surface area contributed by atoms with Crippen molar-refractivity contribution in [2.45, 2.75) is 26.3 Å². The molecule has 1 aromatic rings. The predicted octanol–water partition coefficient (Wildman–Crippen LogP) is 1.74. The van der Waals surface area contributed by atoms with Gasteiger partial charge in [-0.3, -0.25) is 14.6 Å². The highest BCUT2D eigenvalue weighted by Gasteiger charge is 2.19. The Morgan fingerprint density at radius 2 is 1.83 bits per heavy atom. The third-order valence-corrected chi connectivity index (χ3v) is 4.34. The van der Waals surface area contributed by atoms with E-state index in [9.17, 15) is 9.18 Å². The van der Waals surface area contributed by atoms with E-state index >= 15 is 0 Å². The minimum absolute atomic E-state index is 0.109. The van der Waals surface area contributed by atoms with Crippen molar-refractivity contribution in [3.63, 3.8) is 0 Å². The maximum Gasteiger partial charge on any atom is 0.234 e. The van der Waals surface area contributed by atoms with E-state index in [2.05, 4.69) is 22.0 Å². The summed E-state index contributed by atoms with van der Waals surface area (Å²) in [6, 6.07) is 6.33. The Morgan fingerprint density at radius 3 is 2.46 bits per heavy atom. The topological polar surface area (TPSA) is 44.8 Å². The van der Waals surface area contributed by atoms with Crippen molar-refractivity contribution >= 4 is 5.91 Å². The fraction of sp³-hybridized carbons (Fsp3) is 0.611. The number of carbonyl (C=O) groups excluding carboxylic acids is 1. The molecule has 134 valence electrons. The normalized spacial score (nSPS) is 17.5. The van der Waals surface area contributed by atoms with Crippen LogP contribution in [0.15, 0.2) is 24.3 Å². The van der Waals surface area contributed by atoms with Gasteiger partial charge in [0.25, 0.3) is 0 Å².